The fraction of sp³-hybridized carbons (Fsp3) is 0.571. The standard InChI is InChI=1S/C14H22BrN3O2/c1-11(2)17(3)9-5-4-8-16-14-7-6-12(18(19)20)10-13(14)15/h6-7,10-11,16H,4-5,8-9H2,1-3H3. The summed E-state index contributed by atoms with van der Waals surface area (Å²) in [5.74, 6) is 0. The highest BCUT2D eigenvalue weighted by molar-refractivity contribution is 9.10. The maximum Gasteiger partial charge on any atom is 0.270 e. The van der Waals surface area contributed by atoms with E-state index in [1.807, 2.05) is 0 Å². The average molecular weight is 344 g/mol. The van der Waals surface area contributed by atoms with Crippen molar-refractivity contribution in [3.63, 3.8) is 0 Å². The van der Waals surface area contributed by atoms with E-state index in [4.69, 9.17) is 0 Å². The summed E-state index contributed by atoms with van der Waals surface area (Å²) in [5, 5.41) is 13.9. The van der Waals surface area contributed by atoms with Crippen molar-refractivity contribution in [3.05, 3.63) is 32.8 Å². The molecule has 20 heavy (non-hydrogen) atoms. The van der Waals surface area contributed by atoms with Crippen LogP contribution in [0.3, 0.4) is 0 Å². The van der Waals surface area contributed by atoms with Gasteiger partial charge in [0.15, 0.2) is 0 Å². The second kappa shape index (κ2) is 8.21. The number of hydrogen-bond donors (Lipinski definition) is 1. The van der Waals surface area contributed by atoms with Crippen LogP contribution in [0, 0.1) is 10.1 Å². The molecule has 0 fully saturated rings. The van der Waals surface area contributed by atoms with Crippen LogP contribution in [0.15, 0.2) is 22.7 Å². The fourth-order valence-corrected chi connectivity index (χ4v) is 2.24. The minimum Gasteiger partial charge on any atom is -0.384 e. The van der Waals surface area contributed by atoms with Crippen molar-refractivity contribution < 1.29 is 4.92 Å². The van der Waals surface area contributed by atoms with Crippen LogP contribution in [0.4, 0.5) is 11.4 Å². The SMILES string of the molecule is CC(C)N(C)CCCCNc1ccc([N+](=O)[O-])cc1Br. The Morgan fingerprint density at radius 3 is 2.65 bits per heavy atom. The van der Waals surface area contributed by atoms with E-state index in [-0.39, 0.29) is 5.69 Å². The Morgan fingerprint density at radius 1 is 1.40 bits per heavy atom. The first kappa shape index (κ1) is 16.9. The van der Waals surface area contributed by atoms with E-state index in [0.717, 1.165) is 36.1 Å². The van der Waals surface area contributed by atoms with Crippen LogP contribution in [0.25, 0.3) is 0 Å². The molecule has 1 aromatic carbocycles. The van der Waals surface area contributed by atoms with E-state index >= 15 is 0 Å². The van der Waals surface area contributed by atoms with E-state index in [2.05, 4.69) is 47.0 Å². The molecule has 1 rings (SSSR count). The van der Waals surface area contributed by atoms with Crippen molar-refractivity contribution in [1.82, 2.24) is 4.90 Å². The monoisotopic (exact) mass is 343 g/mol. The van der Waals surface area contributed by atoms with E-state index in [1.54, 1.807) is 6.07 Å². The molecule has 0 spiro atoms. The highest BCUT2D eigenvalue weighted by Crippen LogP contribution is 2.26. The molecule has 0 heterocycles. The van der Waals surface area contributed by atoms with Crippen molar-refractivity contribution >= 4 is 27.3 Å². The molecule has 0 unspecified atom stereocenters. The van der Waals surface area contributed by atoms with Crippen molar-refractivity contribution in [2.45, 2.75) is 32.7 Å². The summed E-state index contributed by atoms with van der Waals surface area (Å²) in [7, 11) is 2.13. The van der Waals surface area contributed by atoms with Crippen molar-refractivity contribution in [2.24, 2.45) is 0 Å². The lowest BCUT2D eigenvalue weighted by atomic mass is 10.2. The first-order valence-corrected chi connectivity index (χ1v) is 7.59. The normalized spacial score (nSPS) is 11.1. The summed E-state index contributed by atoms with van der Waals surface area (Å²) in [6, 6.07) is 5.35. The Bertz CT molecular complexity index is 452. The second-order valence-electron chi connectivity index (χ2n) is 5.13. The van der Waals surface area contributed by atoms with Crippen LogP contribution in [-0.4, -0.2) is 36.0 Å². The molecular formula is C14H22BrN3O2. The smallest absolute Gasteiger partial charge is 0.270 e. The number of unbranched alkanes of at least 4 members (excludes halogenated alkanes) is 1. The molecule has 1 aromatic rings. The molecule has 0 radical (unpaired) electrons. The van der Waals surface area contributed by atoms with E-state index in [9.17, 15) is 10.1 Å². The zero-order valence-corrected chi connectivity index (χ0v) is 13.8. The second-order valence-corrected chi connectivity index (χ2v) is 5.98. The van der Waals surface area contributed by atoms with Gasteiger partial charge in [-0.15, -0.1) is 0 Å². The summed E-state index contributed by atoms with van der Waals surface area (Å²) in [6.45, 7) is 6.32. The van der Waals surface area contributed by atoms with Crippen LogP contribution in [-0.2, 0) is 0 Å². The fourth-order valence-electron chi connectivity index (χ4n) is 1.73. The van der Waals surface area contributed by atoms with Crippen molar-refractivity contribution in [2.75, 3.05) is 25.5 Å². The van der Waals surface area contributed by atoms with E-state index < -0.39 is 4.92 Å². The van der Waals surface area contributed by atoms with Gasteiger partial charge in [0.25, 0.3) is 5.69 Å². The number of nitro groups is 1. The number of halogens is 1. The molecular weight excluding hydrogens is 322 g/mol. The highest BCUT2D eigenvalue weighted by Gasteiger charge is 2.08. The Labute approximate surface area is 128 Å². The molecule has 0 saturated carbocycles. The molecule has 0 aromatic heterocycles. The van der Waals surface area contributed by atoms with Gasteiger partial charge in [-0.2, -0.15) is 0 Å². The van der Waals surface area contributed by atoms with Gasteiger partial charge in [-0.3, -0.25) is 10.1 Å². The Morgan fingerprint density at radius 2 is 2.10 bits per heavy atom. The lowest BCUT2D eigenvalue weighted by Gasteiger charge is -2.20. The highest BCUT2D eigenvalue weighted by atomic mass is 79.9. The molecule has 0 aliphatic carbocycles. The Balaban J connectivity index is 2.34. The molecule has 0 bridgehead atoms. The molecule has 0 amide bonds. The van der Waals surface area contributed by atoms with Gasteiger partial charge in [0, 0.05) is 34.9 Å². The zero-order chi connectivity index (χ0) is 15.1. The minimum absolute atomic E-state index is 0.0981. The summed E-state index contributed by atoms with van der Waals surface area (Å²) in [4.78, 5) is 12.6. The number of benzene rings is 1. The number of hydrogen-bond acceptors (Lipinski definition) is 4. The van der Waals surface area contributed by atoms with Gasteiger partial charge in [0.1, 0.15) is 0 Å². The lowest BCUT2D eigenvalue weighted by molar-refractivity contribution is -0.384. The molecule has 1 N–H and O–H groups in total. The van der Waals surface area contributed by atoms with Gasteiger partial charge < -0.3 is 10.2 Å². The van der Waals surface area contributed by atoms with Crippen LogP contribution < -0.4 is 5.32 Å². The third-order valence-corrected chi connectivity index (χ3v) is 3.95. The summed E-state index contributed by atoms with van der Waals surface area (Å²) in [5.41, 5.74) is 0.994. The van der Waals surface area contributed by atoms with Gasteiger partial charge in [0.2, 0.25) is 0 Å². The number of nitro benzene ring substituents is 1. The summed E-state index contributed by atoms with van der Waals surface area (Å²) < 4.78 is 0.728. The third kappa shape index (κ3) is 5.46. The first-order chi connectivity index (χ1) is 9.41. The molecule has 0 atom stereocenters. The van der Waals surface area contributed by atoms with Crippen molar-refractivity contribution in [1.29, 1.82) is 0 Å². The molecule has 112 valence electrons. The Hall–Kier alpha value is -1.14. The van der Waals surface area contributed by atoms with E-state index in [1.165, 1.54) is 12.1 Å². The number of anilines is 1. The van der Waals surface area contributed by atoms with Gasteiger partial charge in [-0.05, 0) is 62.3 Å². The van der Waals surface area contributed by atoms with Gasteiger partial charge in [-0.25, -0.2) is 0 Å². The van der Waals surface area contributed by atoms with Crippen LogP contribution in [0.1, 0.15) is 26.7 Å². The molecule has 0 aliphatic rings. The van der Waals surface area contributed by atoms with Crippen LogP contribution >= 0.6 is 15.9 Å². The van der Waals surface area contributed by atoms with Gasteiger partial charge in [0.05, 0.1) is 4.92 Å². The zero-order valence-electron chi connectivity index (χ0n) is 12.2. The number of non-ortho nitro benzene ring substituents is 1. The first-order valence-electron chi connectivity index (χ1n) is 6.80. The topological polar surface area (TPSA) is 58.4 Å². The lowest BCUT2D eigenvalue weighted by Crippen LogP contribution is -2.27. The number of rotatable bonds is 8. The summed E-state index contributed by atoms with van der Waals surface area (Å²) in [6.07, 6.45) is 2.20. The molecule has 0 aliphatic heterocycles. The molecule has 0 saturated heterocycles. The van der Waals surface area contributed by atoms with Gasteiger partial charge in [-0.1, -0.05) is 0 Å². The van der Waals surface area contributed by atoms with Crippen molar-refractivity contribution in [3.8, 4) is 0 Å². The predicted octanol–water partition coefficient (Wildman–Crippen LogP) is 3.89. The minimum atomic E-state index is -0.393. The van der Waals surface area contributed by atoms with E-state index in [0.29, 0.717) is 6.04 Å². The van der Waals surface area contributed by atoms with Crippen LogP contribution in [0.5, 0.6) is 0 Å². The third-order valence-electron chi connectivity index (χ3n) is 3.30. The average Bonchev–Trinajstić information content (AvgIpc) is 2.39. The molecule has 6 heteroatoms. The maximum atomic E-state index is 10.6. The number of nitrogens with zero attached hydrogens (tertiary/aromatic N) is 2. The Kier molecular flexibility index (Phi) is 6.95. The molecule has 5 nitrogen and oxygen atoms in total. The van der Waals surface area contributed by atoms with Crippen LogP contribution in [0.2, 0.25) is 0 Å². The summed E-state index contributed by atoms with van der Waals surface area (Å²) >= 11 is 3.35. The maximum absolute atomic E-state index is 10.6. The largest absolute Gasteiger partial charge is 0.384 e. The van der Waals surface area contributed by atoms with Gasteiger partial charge >= 0.3 is 0 Å². The predicted molar refractivity (Wildman–Crippen MR) is 86.3 cm³/mol. The number of nitrogens with one attached hydrogen (secondary N) is 1. The quantitative estimate of drug-likeness (QED) is 0.442.